The van der Waals surface area contributed by atoms with Gasteiger partial charge in [-0.2, -0.15) is 14.9 Å². The number of aryl methyl sites for hydroxylation is 1. The summed E-state index contributed by atoms with van der Waals surface area (Å²) in [5, 5.41) is 11.9. The van der Waals surface area contributed by atoms with Crippen molar-refractivity contribution in [2.75, 3.05) is 7.11 Å². The molecule has 1 aliphatic rings. The number of rotatable bonds is 5. The molecule has 0 amide bonds. The van der Waals surface area contributed by atoms with E-state index in [1.54, 1.807) is 11.8 Å². The number of benzene rings is 1. The molecule has 1 saturated carbocycles. The summed E-state index contributed by atoms with van der Waals surface area (Å²) in [7, 11) is 1.65. The molecule has 0 saturated heterocycles. The molecule has 0 aliphatic heterocycles. The van der Waals surface area contributed by atoms with Crippen molar-refractivity contribution in [3.8, 4) is 17.1 Å². The van der Waals surface area contributed by atoms with E-state index in [1.807, 2.05) is 30.5 Å². The lowest BCUT2D eigenvalue weighted by atomic mass is 9.95. The van der Waals surface area contributed by atoms with Gasteiger partial charge in [-0.3, -0.25) is 0 Å². The van der Waals surface area contributed by atoms with Crippen LogP contribution in [0.5, 0.6) is 5.75 Å². The number of aromatic nitrogens is 4. The zero-order chi connectivity index (χ0) is 20.4. The maximum absolute atomic E-state index is 5.48. The Morgan fingerprint density at radius 3 is 2.72 bits per heavy atom. The number of nitrogens with zero attached hydrogens (tertiary/aromatic N) is 4. The van der Waals surface area contributed by atoms with Crippen molar-refractivity contribution in [2.24, 2.45) is 5.10 Å². The summed E-state index contributed by atoms with van der Waals surface area (Å²) < 4.78 is 10.1. The maximum atomic E-state index is 5.48. The van der Waals surface area contributed by atoms with Crippen LogP contribution < -0.4 is 4.74 Å². The van der Waals surface area contributed by atoms with Crippen molar-refractivity contribution in [3.05, 3.63) is 52.1 Å². The van der Waals surface area contributed by atoms with Crippen LogP contribution in [-0.4, -0.2) is 32.8 Å². The molecule has 0 radical (unpaired) electrons. The molecule has 152 valence electrons. The van der Waals surface area contributed by atoms with Crippen LogP contribution >= 0.6 is 12.2 Å². The van der Waals surface area contributed by atoms with E-state index in [2.05, 4.69) is 39.8 Å². The van der Waals surface area contributed by atoms with Gasteiger partial charge in [-0.1, -0.05) is 31.4 Å². The van der Waals surface area contributed by atoms with Gasteiger partial charge >= 0.3 is 0 Å². The number of H-pyrrole nitrogens is 1. The molecule has 0 unspecified atom stereocenters. The van der Waals surface area contributed by atoms with Crippen LogP contribution in [0.2, 0.25) is 0 Å². The zero-order valence-corrected chi connectivity index (χ0v) is 18.0. The molecule has 1 aromatic carbocycles. The molecule has 0 atom stereocenters. The van der Waals surface area contributed by atoms with Crippen LogP contribution in [0.15, 0.2) is 35.4 Å². The van der Waals surface area contributed by atoms with Crippen molar-refractivity contribution in [3.63, 3.8) is 0 Å². The van der Waals surface area contributed by atoms with Gasteiger partial charge in [-0.15, -0.1) is 0 Å². The highest BCUT2D eigenvalue weighted by Crippen LogP contribution is 2.32. The molecule has 2 aromatic heterocycles. The Morgan fingerprint density at radius 1 is 1.21 bits per heavy atom. The fourth-order valence-corrected chi connectivity index (χ4v) is 4.54. The Kier molecular flexibility index (Phi) is 5.67. The smallest absolute Gasteiger partial charge is 0.216 e. The molecular formula is C22H27N5OS. The quantitative estimate of drug-likeness (QED) is 0.452. The average Bonchev–Trinajstić information content (AvgIpc) is 3.25. The predicted molar refractivity (Wildman–Crippen MR) is 118 cm³/mol. The van der Waals surface area contributed by atoms with E-state index in [4.69, 9.17) is 17.0 Å². The first-order chi connectivity index (χ1) is 14.1. The van der Waals surface area contributed by atoms with E-state index in [-0.39, 0.29) is 0 Å². The van der Waals surface area contributed by atoms with E-state index in [0.717, 1.165) is 16.9 Å². The topological polar surface area (TPSA) is 60.1 Å². The van der Waals surface area contributed by atoms with Gasteiger partial charge in [0.25, 0.3) is 0 Å². The number of ether oxygens (including phenoxy) is 1. The Balaban J connectivity index is 1.69. The number of methoxy groups -OCH3 is 1. The highest BCUT2D eigenvalue weighted by molar-refractivity contribution is 7.71. The third-order valence-corrected chi connectivity index (χ3v) is 6.04. The molecule has 1 aliphatic carbocycles. The first kappa shape index (κ1) is 19.6. The maximum Gasteiger partial charge on any atom is 0.216 e. The number of para-hydroxylation sites is 1. The fourth-order valence-electron chi connectivity index (χ4n) is 4.36. The van der Waals surface area contributed by atoms with Gasteiger partial charge in [-0.05, 0) is 57.1 Å². The monoisotopic (exact) mass is 409 g/mol. The van der Waals surface area contributed by atoms with E-state index in [9.17, 15) is 0 Å². The molecule has 1 fully saturated rings. The molecule has 29 heavy (non-hydrogen) atoms. The average molecular weight is 410 g/mol. The van der Waals surface area contributed by atoms with Crippen molar-refractivity contribution < 1.29 is 4.74 Å². The first-order valence-corrected chi connectivity index (χ1v) is 10.5. The SMILES string of the molecule is COc1ccccc1-c1n[nH]c(=S)n1N=Cc1cc(C)n(C2CCCCC2)c1C. The second kappa shape index (κ2) is 8.37. The summed E-state index contributed by atoms with van der Waals surface area (Å²) in [5.74, 6) is 1.36. The molecule has 1 N–H and O–H groups in total. The second-order valence-corrected chi connectivity index (χ2v) is 7.98. The van der Waals surface area contributed by atoms with Gasteiger partial charge in [0.1, 0.15) is 5.75 Å². The molecule has 3 aromatic rings. The summed E-state index contributed by atoms with van der Waals surface area (Å²) >= 11 is 5.42. The van der Waals surface area contributed by atoms with E-state index >= 15 is 0 Å². The summed E-state index contributed by atoms with van der Waals surface area (Å²) in [6.07, 6.45) is 8.39. The summed E-state index contributed by atoms with van der Waals surface area (Å²) in [6.45, 7) is 4.36. The molecule has 7 heteroatoms. The van der Waals surface area contributed by atoms with Crippen LogP contribution in [0.3, 0.4) is 0 Å². The van der Waals surface area contributed by atoms with Gasteiger partial charge in [0.15, 0.2) is 5.82 Å². The number of aromatic amines is 1. The fraction of sp³-hybridized carbons (Fsp3) is 0.409. The molecule has 0 bridgehead atoms. The number of hydrogen-bond donors (Lipinski definition) is 1. The normalized spacial score (nSPS) is 15.3. The third-order valence-electron chi connectivity index (χ3n) is 5.77. The van der Waals surface area contributed by atoms with Crippen LogP contribution in [0.25, 0.3) is 11.4 Å². The highest BCUT2D eigenvalue weighted by atomic mass is 32.1. The summed E-state index contributed by atoms with van der Waals surface area (Å²) in [6, 6.07) is 10.5. The Hall–Kier alpha value is -2.67. The third kappa shape index (κ3) is 3.79. The highest BCUT2D eigenvalue weighted by Gasteiger charge is 2.20. The van der Waals surface area contributed by atoms with Crippen molar-refractivity contribution >= 4 is 18.4 Å². The van der Waals surface area contributed by atoms with E-state index in [1.165, 1.54) is 43.5 Å². The largest absolute Gasteiger partial charge is 0.496 e. The Bertz CT molecular complexity index is 1090. The zero-order valence-electron chi connectivity index (χ0n) is 17.2. The van der Waals surface area contributed by atoms with Crippen LogP contribution in [0, 0.1) is 18.6 Å². The van der Waals surface area contributed by atoms with Gasteiger partial charge in [0, 0.05) is 23.0 Å². The molecule has 4 rings (SSSR count). The minimum absolute atomic E-state index is 0.447. The lowest BCUT2D eigenvalue weighted by molar-refractivity contribution is 0.346. The van der Waals surface area contributed by atoms with Crippen LogP contribution in [-0.2, 0) is 0 Å². The van der Waals surface area contributed by atoms with Crippen molar-refractivity contribution in [1.82, 2.24) is 19.4 Å². The molecule has 0 spiro atoms. The first-order valence-electron chi connectivity index (χ1n) is 10.1. The molecular weight excluding hydrogens is 382 g/mol. The minimum atomic E-state index is 0.447. The van der Waals surface area contributed by atoms with Gasteiger partial charge in [-0.25, -0.2) is 5.10 Å². The Labute approximate surface area is 176 Å². The number of nitrogens with one attached hydrogen (secondary N) is 1. The summed E-state index contributed by atoms with van der Waals surface area (Å²) in [5.41, 5.74) is 4.50. The van der Waals surface area contributed by atoms with Gasteiger partial charge < -0.3 is 9.30 Å². The lowest BCUT2D eigenvalue weighted by Crippen LogP contribution is -2.15. The van der Waals surface area contributed by atoms with Crippen molar-refractivity contribution in [1.29, 1.82) is 0 Å². The minimum Gasteiger partial charge on any atom is -0.496 e. The number of hydrogen-bond acceptors (Lipinski definition) is 4. The van der Waals surface area contributed by atoms with Crippen molar-refractivity contribution in [2.45, 2.75) is 52.0 Å². The Morgan fingerprint density at radius 2 is 1.97 bits per heavy atom. The molecule has 2 heterocycles. The van der Waals surface area contributed by atoms with E-state index < -0.39 is 0 Å². The second-order valence-electron chi connectivity index (χ2n) is 7.60. The standard InChI is InChI=1S/C22H27N5OS/c1-15-13-17(16(2)26(15)18-9-5-4-6-10-18)14-23-27-21(24-25-22(27)29)19-11-7-8-12-20(19)28-3/h7-8,11-14,18H,4-6,9-10H2,1-3H3,(H,25,29). The predicted octanol–water partition coefficient (Wildman–Crippen LogP) is 5.42. The van der Waals surface area contributed by atoms with Gasteiger partial charge in [0.05, 0.1) is 18.9 Å². The van der Waals surface area contributed by atoms with Crippen LogP contribution in [0.1, 0.15) is 55.1 Å². The van der Waals surface area contributed by atoms with Crippen LogP contribution in [0.4, 0.5) is 0 Å². The van der Waals surface area contributed by atoms with E-state index in [0.29, 0.717) is 16.6 Å². The molecule has 6 nitrogen and oxygen atoms in total. The lowest BCUT2D eigenvalue weighted by Gasteiger charge is -2.26. The summed E-state index contributed by atoms with van der Waals surface area (Å²) in [4.78, 5) is 0. The van der Waals surface area contributed by atoms with Gasteiger partial charge in [0.2, 0.25) is 4.77 Å².